The van der Waals surface area contributed by atoms with Crippen LogP contribution in [0.5, 0.6) is 0 Å². The number of epoxide rings is 1. The molecule has 3 aliphatic rings. The smallest absolute Gasteiger partial charge is 0.0822 e. The van der Waals surface area contributed by atoms with Crippen molar-refractivity contribution in [3.05, 3.63) is 0 Å². The van der Waals surface area contributed by atoms with Gasteiger partial charge < -0.3 is 14.5 Å². The summed E-state index contributed by atoms with van der Waals surface area (Å²) >= 11 is 0. The fourth-order valence-corrected chi connectivity index (χ4v) is 3.27. The van der Waals surface area contributed by atoms with Gasteiger partial charge in [0.15, 0.2) is 0 Å². The maximum absolute atomic E-state index is 5.27. The zero-order chi connectivity index (χ0) is 10.3. The van der Waals surface area contributed by atoms with Crippen LogP contribution in [0.2, 0.25) is 0 Å². The first-order valence-corrected chi connectivity index (χ1v) is 6.28. The second kappa shape index (κ2) is 3.72. The van der Waals surface area contributed by atoms with Gasteiger partial charge in [0.1, 0.15) is 0 Å². The van der Waals surface area contributed by atoms with Crippen molar-refractivity contribution in [1.29, 1.82) is 0 Å². The van der Waals surface area contributed by atoms with Gasteiger partial charge in [0.05, 0.1) is 12.7 Å². The van der Waals surface area contributed by atoms with Gasteiger partial charge in [-0.1, -0.05) is 0 Å². The number of likely N-dealkylation sites (tertiary alicyclic amines) is 2. The molecule has 3 nitrogen and oxygen atoms in total. The molecule has 3 rings (SSSR count). The monoisotopic (exact) mass is 210 g/mol. The molecule has 3 heteroatoms. The zero-order valence-electron chi connectivity index (χ0n) is 9.74. The summed E-state index contributed by atoms with van der Waals surface area (Å²) in [7, 11) is 2.26. The average Bonchev–Trinajstić information content (AvgIpc) is 2.87. The standard InChI is InChI=1S/C12H22N2O/c1-13-6-3-12(9-13)4-7-14(10-12)5-2-11-8-15-11/h11H,2-10H2,1H3. The molecule has 0 aromatic carbocycles. The van der Waals surface area contributed by atoms with E-state index in [0.29, 0.717) is 11.5 Å². The molecule has 0 saturated carbocycles. The van der Waals surface area contributed by atoms with E-state index in [-0.39, 0.29) is 0 Å². The van der Waals surface area contributed by atoms with Gasteiger partial charge in [0.25, 0.3) is 0 Å². The summed E-state index contributed by atoms with van der Waals surface area (Å²) in [5, 5.41) is 0. The summed E-state index contributed by atoms with van der Waals surface area (Å²) in [6.45, 7) is 7.56. The van der Waals surface area contributed by atoms with Crippen LogP contribution in [0.4, 0.5) is 0 Å². The Kier molecular flexibility index (Phi) is 2.49. The predicted octanol–water partition coefficient (Wildman–Crippen LogP) is 0.803. The predicted molar refractivity (Wildman–Crippen MR) is 60.0 cm³/mol. The number of hydrogen-bond donors (Lipinski definition) is 0. The first kappa shape index (κ1) is 10.1. The fraction of sp³-hybridized carbons (Fsp3) is 1.00. The second-order valence-electron chi connectivity index (χ2n) is 5.76. The van der Waals surface area contributed by atoms with E-state index in [0.717, 1.165) is 6.61 Å². The summed E-state index contributed by atoms with van der Waals surface area (Å²) in [4.78, 5) is 5.15. The van der Waals surface area contributed by atoms with Crippen LogP contribution in [0.15, 0.2) is 0 Å². The Balaban J connectivity index is 1.49. The van der Waals surface area contributed by atoms with Gasteiger partial charge in [-0.05, 0) is 44.8 Å². The summed E-state index contributed by atoms with van der Waals surface area (Å²) in [6, 6.07) is 0. The van der Waals surface area contributed by atoms with E-state index in [1.54, 1.807) is 0 Å². The van der Waals surface area contributed by atoms with Gasteiger partial charge in [-0.3, -0.25) is 0 Å². The molecule has 2 unspecified atom stereocenters. The van der Waals surface area contributed by atoms with Gasteiger partial charge in [0, 0.05) is 19.6 Å². The Bertz CT molecular complexity index is 242. The maximum atomic E-state index is 5.27. The number of rotatable bonds is 3. The lowest BCUT2D eigenvalue weighted by atomic mass is 9.86. The van der Waals surface area contributed by atoms with E-state index in [2.05, 4.69) is 16.8 Å². The van der Waals surface area contributed by atoms with Crippen molar-refractivity contribution < 1.29 is 4.74 Å². The molecule has 0 aromatic heterocycles. The van der Waals surface area contributed by atoms with E-state index >= 15 is 0 Å². The van der Waals surface area contributed by atoms with Crippen LogP contribution in [0, 0.1) is 5.41 Å². The molecular weight excluding hydrogens is 188 g/mol. The largest absolute Gasteiger partial charge is 0.373 e. The molecule has 0 N–H and O–H groups in total. The molecule has 3 fully saturated rings. The highest BCUT2D eigenvalue weighted by molar-refractivity contribution is 4.96. The van der Waals surface area contributed by atoms with Crippen molar-refractivity contribution in [2.75, 3.05) is 46.4 Å². The molecule has 0 radical (unpaired) electrons. The summed E-state index contributed by atoms with van der Waals surface area (Å²) < 4.78 is 5.27. The molecule has 3 saturated heterocycles. The van der Waals surface area contributed by atoms with Gasteiger partial charge in [-0.15, -0.1) is 0 Å². The Morgan fingerprint density at radius 1 is 1.27 bits per heavy atom. The first-order valence-electron chi connectivity index (χ1n) is 6.28. The van der Waals surface area contributed by atoms with Crippen molar-refractivity contribution in [2.24, 2.45) is 5.41 Å². The zero-order valence-corrected chi connectivity index (χ0v) is 9.74. The lowest BCUT2D eigenvalue weighted by Gasteiger charge is -2.23. The van der Waals surface area contributed by atoms with Crippen LogP contribution in [0.25, 0.3) is 0 Å². The molecule has 0 aliphatic carbocycles. The number of nitrogens with zero attached hydrogens (tertiary/aromatic N) is 2. The lowest BCUT2D eigenvalue weighted by molar-refractivity contribution is 0.246. The van der Waals surface area contributed by atoms with Crippen LogP contribution in [0.1, 0.15) is 19.3 Å². The third-order valence-corrected chi connectivity index (χ3v) is 4.32. The van der Waals surface area contributed by atoms with Crippen LogP contribution >= 0.6 is 0 Å². The minimum absolute atomic E-state index is 0.604. The Morgan fingerprint density at radius 3 is 2.73 bits per heavy atom. The molecule has 0 bridgehead atoms. The van der Waals surface area contributed by atoms with E-state index in [1.165, 1.54) is 52.0 Å². The molecule has 0 aromatic rings. The Morgan fingerprint density at radius 2 is 2.07 bits per heavy atom. The Labute approximate surface area is 92.4 Å². The van der Waals surface area contributed by atoms with Crippen molar-refractivity contribution in [2.45, 2.75) is 25.4 Å². The van der Waals surface area contributed by atoms with Gasteiger partial charge in [0.2, 0.25) is 0 Å². The molecule has 3 aliphatic heterocycles. The normalized spacial score (nSPS) is 41.8. The quantitative estimate of drug-likeness (QED) is 0.642. The molecular formula is C12H22N2O. The lowest BCUT2D eigenvalue weighted by Crippen LogP contribution is -2.30. The topological polar surface area (TPSA) is 19.0 Å². The van der Waals surface area contributed by atoms with Crippen molar-refractivity contribution in [3.63, 3.8) is 0 Å². The van der Waals surface area contributed by atoms with Crippen molar-refractivity contribution in [1.82, 2.24) is 9.80 Å². The van der Waals surface area contributed by atoms with E-state index in [1.807, 2.05) is 0 Å². The second-order valence-corrected chi connectivity index (χ2v) is 5.76. The highest BCUT2D eigenvalue weighted by Gasteiger charge is 2.42. The van der Waals surface area contributed by atoms with E-state index < -0.39 is 0 Å². The molecule has 0 amide bonds. The average molecular weight is 210 g/mol. The minimum Gasteiger partial charge on any atom is -0.373 e. The summed E-state index contributed by atoms with van der Waals surface area (Å²) in [5.74, 6) is 0. The van der Waals surface area contributed by atoms with Crippen molar-refractivity contribution in [3.8, 4) is 0 Å². The summed E-state index contributed by atoms with van der Waals surface area (Å²) in [6.07, 6.45) is 4.70. The SMILES string of the molecule is CN1CCC2(CCN(CCC3CO3)C2)C1. The van der Waals surface area contributed by atoms with E-state index in [4.69, 9.17) is 4.74 Å². The Hall–Kier alpha value is -0.120. The molecule has 2 atom stereocenters. The van der Waals surface area contributed by atoms with Gasteiger partial charge >= 0.3 is 0 Å². The molecule has 15 heavy (non-hydrogen) atoms. The first-order chi connectivity index (χ1) is 7.26. The third kappa shape index (κ3) is 2.19. The van der Waals surface area contributed by atoms with Crippen molar-refractivity contribution >= 4 is 0 Å². The third-order valence-electron chi connectivity index (χ3n) is 4.32. The minimum atomic E-state index is 0.604. The van der Waals surface area contributed by atoms with Gasteiger partial charge in [-0.2, -0.15) is 0 Å². The van der Waals surface area contributed by atoms with Crippen LogP contribution in [-0.4, -0.2) is 62.3 Å². The number of ether oxygens (including phenoxy) is 1. The van der Waals surface area contributed by atoms with Crippen LogP contribution < -0.4 is 0 Å². The molecule has 86 valence electrons. The summed E-state index contributed by atoms with van der Waals surface area (Å²) in [5.41, 5.74) is 0.652. The van der Waals surface area contributed by atoms with Gasteiger partial charge in [-0.25, -0.2) is 0 Å². The molecule has 1 spiro atoms. The molecule has 3 heterocycles. The van der Waals surface area contributed by atoms with Crippen LogP contribution in [-0.2, 0) is 4.74 Å². The highest BCUT2D eigenvalue weighted by atomic mass is 16.6. The highest BCUT2D eigenvalue weighted by Crippen LogP contribution is 2.38. The maximum Gasteiger partial charge on any atom is 0.0822 e. The fourth-order valence-electron chi connectivity index (χ4n) is 3.27. The van der Waals surface area contributed by atoms with E-state index in [9.17, 15) is 0 Å². The number of hydrogen-bond acceptors (Lipinski definition) is 3. The van der Waals surface area contributed by atoms with Crippen LogP contribution in [0.3, 0.4) is 0 Å².